The number of nitrogens with two attached hydrogens (primary N) is 1. The molecule has 8 heteroatoms. The Labute approximate surface area is 207 Å². The van der Waals surface area contributed by atoms with Gasteiger partial charge in [0.2, 0.25) is 5.75 Å². The molecule has 1 atom stereocenters. The number of anilines is 2. The van der Waals surface area contributed by atoms with Crippen LogP contribution in [0.5, 0.6) is 17.2 Å². The van der Waals surface area contributed by atoms with Crippen LogP contribution in [0, 0.1) is 0 Å². The van der Waals surface area contributed by atoms with Gasteiger partial charge in [-0.05, 0) is 42.4 Å². The number of aryl methyl sites for hydroxylation is 1. The Morgan fingerprint density at radius 1 is 1.06 bits per heavy atom. The van der Waals surface area contributed by atoms with E-state index in [2.05, 4.69) is 35.6 Å². The monoisotopic (exact) mass is 489 g/mol. The largest absolute Gasteiger partial charge is 0.493 e. The molecule has 1 aliphatic rings. The third-order valence-corrected chi connectivity index (χ3v) is 7.60. The number of hydrogen-bond acceptors (Lipinski definition) is 7. The van der Waals surface area contributed by atoms with Gasteiger partial charge in [0, 0.05) is 28.9 Å². The number of amides is 1. The summed E-state index contributed by atoms with van der Waals surface area (Å²) < 4.78 is 16.1. The summed E-state index contributed by atoms with van der Waals surface area (Å²) >= 11 is 1.31. The second-order valence-electron chi connectivity index (χ2n) is 8.51. The number of aromatic nitrogens is 1. The predicted molar refractivity (Wildman–Crippen MR) is 139 cm³/mol. The Bertz CT molecular complexity index is 1380. The Morgan fingerprint density at radius 3 is 2.43 bits per heavy atom. The molecule has 1 amide bonds. The summed E-state index contributed by atoms with van der Waals surface area (Å²) in [6, 6.07) is 16.1. The Kier molecular flexibility index (Phi) is 6.21. The first-order valence-electron chi connectivity index (χ1n) is 11.4. The number of nitrogens with one attached hydrogen (secondary N) is 1. The zero-order chi connectivity index (χ0) is 24.5. The minimum atomic E-state index is -0.306. The number of pyridine rings is 1. The Balaban J connectivity index is 1.44. The molecule has 7 nitrogen and oxygen atoms in total. The molecule has 3 N–H and O–H groups in total. The van der Waals surface area contributed by atoms with Crippen molar-refractivity contribution in [2.75, 3.05) is 32.4 Å². The van der Waals surface area contributed by atoms with Crippen LogP contribution in [0.3, 0.4) is 0 Å². The molecule has 2 aromatic heterocycles. The number of methoxy groups -OCH3 is 3. The topological polar surface area (TPSA) is 95.7 Å². The quantitative estimate of drug-likeness (QED) is 0.375. The van der Waals surface area contributed by atoms with Gasteiger partial charge < -0.3 is 25.3 Å². The standard InChI is InChI=1S/C27H27N3O4S/c1-32-21-13-18(14-22(33-2)24(21)34-3)29-26(31)25-23(28)19-12-17-11-16(15-7-5-4-6-8-15)9-10-20(17)30-27(19)35-25/h4-8,12-14,16H,9-11,28H2,1-3H3,(H,29,31). The van der Waals surface area contributed by atoms with Crippen LogP contribution in [0.15, 0.2) is 48.5 Å². The van der Waals surface area contributed by atoms with Crippen molar-refractivity contribution in [2.45, 2.75) is 25.2 Å². The first-order chi connectivity index (χ1) is 17.0. The normalized spacial score (nSPS) is 14.9. The summed E-state index contributed by atoms with van der Waals surface area (Å²) in [5.41, 5.74) is 11.1. The van der Waals surface area contributed by atoms with Crippen molar-refractivity contribution < 1.29 is 19.0 Å². The van der Waals surface area contributed by atoms with E-state index in [9.17, 15) is 4.79 Å². The van der Waals surface area contributed by atoms with E-state index >= 15 is 0 Å². The van der Waals surface area contributed by atoms with Gasteiger partial charge in [-0.1, -0.05) is 30.3 Å². The van der Waals surface area contributed by atoms with Gasteiger partial charge in [-0.15, -0.1) is 11.3 Å². The smallest absolute Gasteiger partial charge is 0.267 e. The summed E-state index contributed by atoms with van der Waals surface area (Å²) in [5.74, 6) is 1.52. The van der Waals surface area contributed by atoms with Crippen LogP contribution in [-0.2, 0) is 12.8 Å². The predicted octanol–water partition coefficient (Wildman–Crippen LogP) is 5.43. The fourth-order valence-electron chi connectivity index (χ4n) is 4.71. The van der Waals surface area contributed by atoms with E-state index < -0.39 is 0 Å². The van der Waals surface area contributed by atoms with Crippen LogP contribution in [0.1, 0.15) is 38.8 Å². The molecule has 0 saturated carbocycles. The maximum absolute atomic E-state index is 13.2. The van der Waals surface area contributed by atoms with Crippen LogP contribution in [0.4, 0.5) is 11.4 Å². The molecule has 1 unspecified atom stereocenters. The van der Waals surface area contributed by atoms with Gasteiger partial charge >= 0.3 is 0 Å². The lowest BCUT2D eigenvalue weighted by atomic mass is 9.82. The van der Waals surface area contributed by atoms with Crippen molar-refractivity contribution in [2.24, 2.45) is 0 Å². The molecule has 180 valence electrons. The number of nitrogens with zero attached hydrogens (tertiary/aromatic N) is 1. The van der Waals surface area contributed by atoms with Crippen LogP contribution in [0.2, 0.25) is 0 Å². The third kappa shape index (κ3) is 4.25. The average molecular weight is 490 g/mol. The summed E-state index contributed by atoms with van der Waals surface area (Å²) in [7, 11) is 4.59. The molecule has 4 aromatic rings. The van der Waals surface area contributed by atoms with Gasteiger partial charge in [0.25, 0.3) is 5.91 Å². The van der Waals surface area contributed by atoms with Crippen molar-refractivity contribution in [1.29, 1.82) is 0 Å². The summed E-state index contributed by atoms with van der Waals surface area (Å²) in [5, 5.41) is 3.74. The number of ether oxygens (including phenoxy) is 3. The van der Waals surface area contributed by atoms with Crippen LogP contribution in [0.25, 0.3) is 10.2 Å². The lowest BCUT2D eigenvalue weighted by molar-refractivity contribution is 0.103. The Hall–Kier alpha value is -3.78. The molecule has 5 rings (SSSR count). The number of fused-ring (bicyclic) bond motifs is 2. The number of thiophene rings is 1. The number of benzene rings is 2. The molecule has 35 heavy (non-hydrogen) atoms. The highest BCUT2D eigenvalue weighted by molar-refractivity contribution is 7.21. The molecule has 0 radical (unpaired) electrons. The maximum Gasteiger partial charge on any atom is 0.267 e. The van der Waals surface area contributed by atoms with Crippen molar-refractivity contribution >= 4 is 38.8 Å². The van der Waals surface area contributed by atoms with E-state index in [4.69, 9.17) is 24.9 Å². The average Bonchev–Trinajstić information content (AvgIpc) is 3.22. The van der Waals surface area contributed by atoms with Crippen molar-refractivity contribution in [1.82, 2.24) is 4.98 Å². The van der Waals surface area contributed by atoms with Crippen LogP contribution < -0.4 is 25.3 Å². The van der Waals surface area contributed by atoms with E-state index in [0.29, 0.717) is 39.4 Å². The highest BCUT2D eigenvalue weighted by atomic mass is 32.1. The molecular formula is C27H27N3O4S. The summed E-state index contributed by atoms with van der Waals surface area (Å²) in [6.45, 7) is 0. The maximum atomic E-state index is 13.2. The number of nitrogen functional groups attached to an aromatic ring is 1. The molecule has 0 spiro atoms. The van der Waals surface area contributed by atoms with Gasteiger partial charge in [0.15, 0.2) is 11.5 Å². The molecule has 2 aromatic carbocycles. The van der Waals surface area contributed by atoms with Crippen LogP contribution >= 0.6 is 11.3 Å². The van der Waals surface area contributed by atoms with Gasteiger partial charge in [-0.3, -0.25) is 4.79 Å². The number of hydrogen-bond donors (Lipinski definition) is 2. The van der Waals surface area contributed by atoms with E-state index in [1.54, 1.807) is 12.1 Å². The van der Waals surface area contributed by atoms with Gasteiger partial charge in [0.1, 0.15) is 9.71 Å². The molecule has 1 aliphatic carbocycles. The van der Waals surface area contributed by atoms with E-state index in [1.165, 1.54) is 43.8 Å². The minimum Gasteiger partial charge on any atom is -0.493 e. The summed E-state index contributed by atoms with van der Waals surface area (Å²) in [6.07, 6.45) is 2.89. The highest BCUT2D eigenvalue weighted by Gasteiger charge is 2.25. The van der Waals surface area contributed by atoms with Crippen molar-refractivity contribution in [3.8, 4) is 17.2 Å². The second-order valence-corrected chi connectivity index (χ2v) is 9.51. The van der Waals surface area contributed by atoms with E-state index in [0.717, 1.165) is 35.2 Å². The fraction of sp³-hybridized carbons (Fsp3) is 0.259. The lowest BCUT2D eigenvalue weighted by Gasteiger charge is -2.24. The number of carbonyl (C=O) groups is 1. The third-order valence-electron chi connectivity index (χ3n) is 6.49. The van der Waals surface area contributed by atoms with Gasteiger partial charge in [-0.2, -0.15) is 0 Å². The van der Waals surface area contributed by atoms with Crippen molar-refractivity contribution in [3.63, 3.8) is 0 Å². The first-order valence-corrected chi connectivity index (χ1v) is 12.2. The van der Waals surface area contributed by atoms with Gasteiger partial charge in [-0.25, -0.2) is 4.98 Å². The highest BCUT2D eigenvalue weighted by Crippen LogP contribution is 2.41. The SMILES string of the molecule is COc1cc(NC(=O)c2sc3nc4c(cc3c2N)CC(c2ccccc2)CC4)cc(OC)c1OC. The summed E-state index contributed by atoms with van der Waals surface area (Å²) in [4.78, 5) is 19.3. The molecule has 0 bridgehead atoms. The minimum absolute atomic E-state index is 0.306. The molecular weight excluding hydrogens is 462 g/mol. The number of rotatable bonds is 6. The second kappa shape index (κ2) is 9.46. The molecule has 0 aliphatic heterocycles. The van der Waals surface area contributed by atoms with Crippen LogP contribution in [-0.4, -0.2) is 32.2 Å². The molecule has 2 heterocycles. The van der Waals surface area contributed by atoms with E-state index in [-0.39, 0.29) is 5.91 Å². The molecule has 0 saturated heterocycles. The van der Waals surface area contributed by atoms with E-state index in [1.807, 2.05) is 6.07 Å². The fourth-order valence-corrected chi connectivity index (χ4v) is 5.70. The number of carbonyl (C=O) groups excluding carboxylic acids is 1. The lowest BCUT2D eigenvalue weighted by Crippen LogP contribution is -2.14. The van der Waals surface area contributed by atoms with Crippen molar-refractivity contribution in [3.05, 3.63) is 70.2 Å². The Morgan fingerprint density at radius 2 is 1.77 bits per heavy atom. The zero-order valence-electron chi connectivity index (χ0n) is 19.9. The molecule has 0 fully saturated rings. The zero-order valence-corrected chi connectivity index (χ0v) is 20.7. The first kappa shape index (κ1) is 23.0. The van der Waals surface area contributed by atoms with Gasteiger partial charge in [0.05, 0.1) is 27.0 Å².